The highest BCUT2D eigenvalue weighted by atomic mass is 16.5. The molecule has 0 heterocycles. The van der Waals surface area contributed by atoms with Crippen molar-refractivity contribution >= 4 is 0 Å². The number of benzene rings is 2. The maximum atomic E-state index is 5.60. The van der Waals surface area contributed by atoms with Gasteiger partial charge in [-0.05, 0) is 35.4 Å². The summed E-state index contributed by atoms with van der Waals surface area (Å²) < 4.78 is 10.6. The Kier molecular flexibility index (Phi) is 4.60. The summed E-state index contributed by atoms with van der Waals surface area (Å²) in [7, 11) is 1.66. The smallest absolute Gasteiger partial charge is 0.120 e. The van der Waals surface area contributed by atoms with Crippen molar-refractivity contribution in [2.45, 2.75) is 0 Å². The number of ether oxygens (including phenoxy) is 2. The third kappa shape index (κ3) is 3.61. The summed E-state index contributed by atoms with van der Waals surface area (Å²) >= 11 is 0. The van der Waals surface area contributed by atoms with E-state index in [0.717, 1.165) is 22.4 Å². The SMILES string of the molecule is C#Cc1cccc(-c2cccc(OCCOC)c2)c1. The second kappa shape index (κ2) is 6.63. The van der Waals surface area contributed by atoms with Crippen molar-refractivity contribution in [2.75, 3.05) is 20.3 Å². The lowest BCUT2D eigenvalue weighted by atomic mass is 10.0. The van der Waals surface area contributed by atoms with Gasteiger partial charge in [0, 0.05) is 12.7 Å². The lowest BCUT2D eigenvalue weighted by Crippen LogP contribution is -2.04. The molecule has 0 saturated carbocycles. The minimum absolute atomic E-state index is 0.546. The lowest BCUT2D eigenvalue weighted by Gasteiger charge is -2.08. The first-order valence-electron chi connectivity index (χ1n) is 6.12. The van der Waals surface area contributed by atoms with E-state index in [1.807, 2.05) is 48.5 Å². The van der Waals surface area contributed by atoms with Gasteiger partial charge in [0.1, 0.15) is 12.4 Å². The number of rotatable bonds is 5. The molecular formula is C17H16O2. The predicted molar refractivity (Wildman–Crippen MR) is 77.2 cm³/mol. The first-order chi connectivity index (χ1) is 9.33. The van der Waals surface area contributed by atoms with Crippen LogP contribution in [0.25, 0.3) is 11.1 Å². The Balaban J connectivity index is 2.20. The average Bonchev–Trinajstić information content (AvgIpc) is 2.48. The Bertz CT molecular complexity index is 582. The van der Waals surface area contributed by atoms with E-state index in [4.69, 9.17) is 15.9 Å². The fourth-order valence-electron chi connectivity index (χ4n) is 1.80. The molecule has 0 amide bonds. The Labute approximate surface area is 114 Å². The summed E-state index contributed by atoms with van der Waals surface area (Å²) in [6.07, 6.45) is 5.42. The van der Waals surface area contributed by atoms with Crippen LogP contribution in [0.15, 0.2) is 48.5 Å². The molecule has 0 radical (unpaired) electrons. The van der Waals surface area contributed by atoms with E-state index in [0.29, 0.717) is 13.2 Å². The van der Waals surface area contributed by atoms with Crippen molar-refractivity contribution in [3.8, 4) is 29.2 Å². The summed E-state index contributed by atoms with van der Waals surface area (Å²) in [5.74, 6) is 3.48. The number of terminal acetylenes is 1. The summed E-state index contributed by atoms with van der Waals surface area (Å²) in [5.41, 5.74) is 3.06. The van der Waals surface area contributed by atoms with E-state index in [2.05, 4.69) is 5.92 Å². The third-order valence-electron chi connectivity index (χ3n) is 2.75. The molecule has 0 fully saturated rings. The van der Waals surface area contributed by atoms with Gasteiger partial charge in [-0.2, -0.15) is 0 Å². The van der Waals surface area contributed by atoms with Crippen LogP contribution in [-0.4, -0.2) is 20.3 Å². The van der Waals surface area contributed by atoms with Gasteiger partial charge < -0.3 is 9.47 Å². The largest absolute Gasteiger partial charge is 0.491 e. The van der Waals surface area contributed by atoms with Gasteiger partial charge in [-0.25, -0.2) is 0 Å². The monoisotopic (exact) mass is 252 g/mol. The minimum Gasteiger partial charge on any atom is -0.491 e. The molecule has 19 heavy (non-hydrogen) atoms. The van der Waals surface area contributed by atoms with Crippen molar-refractivity contribution in [3.05, 3.63) is 54.1 Å². The van der Waals surface area contributed by atoms with Crippen LogP contribution in [0.3, 0.4) is 0 Å². The zero-order valence-electron chi connectivity index (χ0n) is 10.9. The topological polar surface area (TPSA) is 18.5 Å². The average molecular weight is 252 g/mol. The van der Waals surface area contributed by atoms with Gasteiger partial charge in [-0.1, -0.05) is 30.2 Å². The zero-order chi connectivity index (χ0) is 13.5. The Morgan fingerprint density at radius 3 is 2.47 bits per heavy atom. The van der Waals surface area contributed by atoms with Gasteiger partial charge in [0.25, 0.3) is 0 Å². The van der Waals surface area contributed by atoms with Crippen LogP contribution in [0.5, 0.6) is 5.75 Å². The van der Waals surface area contributed by atoms with Gasteiger partial charge >= 0.3 is 0 Å². The van der Waals surface area contributed by atoms with Gasteiger partial charge in [-0.3, -0.25) is 0 Å². The summed E-state index contributed by atoms with van der Waals surface area (Å²) in [5, 5.41) is 0. The Morgan fingerprint density at radius 2 is 1.74 bits per heavy atom. The Hall–Kier alpha value is -2.24. The van der Waals surface area contributed by atoms with Gasteiger partial charge in [0.05, 0.1) is 6.61 Å². The van der Waals surface area contributed by atoms with Crippen LogP contribution >= 0.6 is 0 Å². The van der Waals surface area contributed by atoms with Crippen molar-refractivity contribution in [1.82, 2.24) is 0 Å². The van der Waals surface area contributed by atoms with Crippen LogP contribution in [0.1, 0.15) is 5.56 Å². The molecule has 0 aliphatic rings. The van der Waals surface area contributed by atoms with Gasteiger partial charge in [0.15, 0.2) is 0 Å². The normalized spacial score (nSPS) is 9.89. The van der Waals surface area contributed by atoms with Gasteiger partial charge in [0.2, 0.25) is 0 Å². The second-order valence-corrected chi connectivity index (χ2v) is 4.09. The molecule has 0 N–H and O–H groups in total. The molecule has 96 valence electrons. The molecule has 2 rings (SSSR count). The lowest BCUT2D eigenvalue weighted by molar-refractivity contribution is 0.146. The van der Waals surface area contributed by atoms with Gasteiger partial charge in [-0.15, -0.1) is 6.42 Å². The minimum atomic E-state index is 0.546. The molecule has 0 atom stereocenters. The van der Waals surface area contributed by atoms with Crippen molar-refractivity contribution in [2.24, 2.45) is 0 Å². The molecule has 0 saturated heterocycles. The van der Waals surface area contributed by atoms with Crippen molar-refractivity contribution < 1.29 is 9.47 Å². The highest BCUT2D eigenvalue weighted by Gasteiger charge is 2.01. The van der Waals surface area contributed by atoms with E-state index < -0.39 is 0 Å². The molecular weight excluding hydrogens is 236 g/mol. The standard InChI is InChI=1S/C17H16O2/c1-3-14-6-4-7-15(12-14)16-8-5-9-17(13-16)19-11-10-18-2/h1,4-9,12-13H,10-11H2,2H3. The molecule has 0 bridgehead atoms. The number of hydrogen-bond acceptors (Lipinski definition) is 2. The highest BCUT2D eigenvalue weighted by Crippen LogP contribution is 2.24. The molecule has 0 aliphatic carbocycles. The maximum absolute atomic E-state index is 5.60. The summed E-state index contributed by atoms with van der Waals surface area (Å²) in [4.78, 5) is 0. The second-order valence-electron chi connectivity index (χ2n) is 4.09. The van der Waals surface area contributed by atoms with Crippen molar-refractivity contribution in [1.29, 1.82) is 0 Å². The third-order valence-corrected chi connectivity index (χ3v) is 2.75. The van der Waals surface area contributed by atoms with Crippen molar-refractivity contribution in [3.63, 3.8) is 0 Å². The van der Waals surface area contributed by atoms with E-state index in [9.17, 15) is 0 Å². The van der Waals surface area contributed by atoms with E-state index in [1.54, 1.807) is 7.11 Å². The highest BCUT2D eigenvalue weighted by molar-refractivity contribution is 5.66. The molecule has 2 heteroatoms. The quantitative estimate of drug-likeness (QED) is 0.600. The summed E-state index contributed by atoms with van der Waals surface area (Å²) in [6.45, 7) is 1.13. The molecule has 0 spiro atoms. The van der Waals surface area contributed by atoms with E-state index in [1.165, 1.54) is 0 Å². The van der Waals surface area contributed by atoms with Crippen LogP contribution in [0.2, 0.25) is 0 Å². The first-order valence-corrected chi connectivity index (χ1v) is 6.12. The van der Waals surface area contributed by atoms with Crippen LogP contribution < -0.4 is 4.74 Å². The number of methoxy groups -OCH3 is 1. The van der Waals surface area contributed by atoms with E-state index >= 15 is 0 Å². The molecule has 2 aromatic rings. The zero-order valence-corrected chi connectivity index (χ0v) is 10.9. The first kappa shape index (κ1) is 13.2. The van der Waals surface area contributed by atoms with Crippen LogP contribution in [-0.2, 0) is 4.74 Å². The predicted octanol–water partition coefficient (Wildman–Crippen LogP) is 3.36. The van der Waals surface area contributed by atoms with E-state index in [-0.39, 0.29) is 0 Å². The molecule has 0 aliphatic heterocycles. The fourth-order valence-corrected chi connectivity index (χ4v) is 1.80. The van der Waals surface area contributed by atoms with Crippen LogP contribution in [0.4, 0.5) is 0 Å². The molecule has 0 unspecified atom stereocenters. The maximum Gasteiger partial charge on any atom is 0.120 e. The molecule has 0 aromatic heterocycles. The molecule has 2 nitrogen and oxygen atoms in total. The summed E-state index contributed by atoms with van der Waals surface area (Å²) in [6, 6.07) is 15.9. The number of hydrogen-bond donors (Lipinski definition) is 0. The fraction of sp³-hybridized carbons (Fsp3) is 0.176. The van der Waals surface area contributed by atoms with Crippen LogP contribution in [0, 0.1) is 12.3 Å². The Morgan fingerprint density at radius 1 is 1.00 bits per heavy atom. The molecule has 2 aromatic carbocycles.